The van der Waals surface area contributed by atoms with Crippen LogP contribution in [0, 0.1) is 10.1 Å². The molecule has 1 fully saturated rings. The fourth-order valence-electron chi connectivity index (χ4n) is 4.53. The first-order valence-electron chi connectivity index (χ1n) is 11.0. The molecule has 9 heteroatoms. The molecule has 32 heavy (non-hydrogen) atoms. The second kappa shape index (κ2) is 10.4. The molecule has 4 N–H and O–H groups in total. The van der Waals surface area contributed by atoms with Crippen LogP contribution in [0.15, 0.2) is 46.8 Å². The maximum Gasteiger partial charge on any atom is 0.269 e. The van der Waals surface area contributed by atoms with E-state index >= 15 is 0 Å². The zero-order valence-electron chi connectivity index (χ0n) is 18.6. The monoisotopic (exact) mass is 441 g/mol. The largest absolute Gasteiger partial charge is 0.366 e. The Morgan fingerprint density at radius 2 is 1.75 bits per heavy atom. The van der Waals surface area contributed by atoms with Gasteiger partial charge in [0.25, 0.3) is 5.69 Å². The van der Waals surface area contributed by atoms with Crippen molar-refractivity contribution in [1.82, 2.24) is 15.5 Å². The number of nitrogens with two attached hydrogens (primary N) is 1. The molecule has 1 aromatic carbocycles. The summed E-state index contributed by atoms with van der Waals surface area (Å²) in [6.07, 6.45) is 4.57. The maximum absolute atomic E-state index is 13.2. The number of nitrogens with zero attached hydrogens (tertiary/aromatic N) is 2. The number of carbonyl (C=O) groups excluding carboxylic acids is 2. The van der Waals surface area contributed by atoms with Crippen LogP contribution >= 0.6 is 0 Å². The van der Waals surface area contributed by atoms with Crippen molar-refractivity contribution in [3.63, 3.8) is 0 Å². The van der Waals surface area contributed by atoms with Gasteiger partial charge in [-0.1, -0.05) is 18.6 Å². The molecule has 0 aliphatic carbocycles. The SMILES string of the molecule is CC1=C(C(N)=O)C(c2ccc([N+](=O)[O-])cc2)C(C(=O)NCCCN2CCCCC2)=C(C)N1. The van der Waals surface area contributed by atoms with Gasteiger partial charge in [0.05, 0.1) is 4.92 Å². The highest BCUT2D eigenvalue weighted by Gasteiger charge is 2.35. The van der Waals surface area contributed by atoms with Gasteiger partial charge in [0.15, 0.2) is 0 Å². The Hall–Kier alpha value is -3.20. The van der Waals surface area contributed by atoms with E-state index in [1.807, 2.05) is 0 Å². The Balaban J connectivity index is 1.79. The zero-order valence-corrected chi connectivity index (χ0v) is 18.6. The zero-order chi connectivity index (χ0) is 23.3. The third-order valence-corrected chi connectivity index (χ3v) is 6.09. The summed E-state index contributed by atoms with van der Waals surface area (Å²) < 4.78 is 0. The first-order valence-corrected chi connectivity index (χ1v) is 11.0. The highest BCUT2D eigenvalue weighted by molar-refractivity contribution is 6.03. The summed E-state index contributed by atoms with van der Waals surface area (Å²) in [5, 5.41) is 17.1. The molecule has 172 valence electrons. The van der Waals surface area contributed by atoms with E-state index in [0.29, 0.717) is 29.1 Å². The van der Waals surface area contributed by atoms with E-state index < -0.39 is 16.7 Å². The number of likely N-dealkylation sites (tertiary alicyclic amines) is 1. The van der Waals surface area contributed by atoms with Crippen LogP contribution in [0.1, 0.15) is 51.0 Å². The van der Waals surface area contributed by atoms with Crippen LogP contribution in [-0.4, -0.2) is 47.8 Å². The molecule has 0 radical (unpaired) electrons. The number of nitrogens with one attached hydrogen (secondary N) is 2. The molecular weight excluding hydrogens is 410 g/mol. The number of carbonyl (C=O) groups is 2. The number of hydrogen-bond acceptors (Lipinski definition) is 6. The van der Waals surface area contributed by atoms with Gasteiger partial charge in [-0.3, -0.25) is 19.7 Å². The van der Waals surface area contributed by atoms with Crippen molar-refractivity contribution in [2.24, 2.45) is 5.73 Å². The molecule has 0 aromatic heterocycles. The number of benzene rings is 1. The number of rotatable bonds is 8. The lowest BCUT2D eigenvalue weighted by atomic mass is 9.79. The topological polar surface area (TPSA) is 131 Å². The summed E-state index contributed by atoms with van der Waals surface area (Å²) in [5.74, 6) is -1.61. The number of primary amides is 1. The Kier molecular flexibility index (Phi) is 7.63. The third-order valence-electron chi connectivity index (χ3n) is 6.09. The van der Waals surface area contributed by atoms with Crippen molar-refractivity contribution in [1.29, 1.82) is 0 Å². The Morgan fingerprint density at radius 3 is 2.34 bits per heavy atom. The lowest BCUT2D eigenvalue weighted by molar-refractivity contribution is -0.384. The molecule has 1 aromatic rings. The van der Waals surface area contributed by atoms with E-state index in [1.165, 1.54) is 31.4 Å². The molecular formula is C23H31N5O4. The van der Waals surface area contributed by atoms with Gasteiger partial charge in [-0.2, -0.15) is 0 Å². The Labute approximate surface area is 187 Å². The second-order valence-corrected chi connectivity index (χ2v) is 8.36. The van der Waals surface area contributed by atoms with Crippen LogP contribution in [0.3, 0.4) is 0 Å². The summed E-state index contributed by atoms with van der Waals surface area (Å²) in [6, 6.07) is 5.88. The molecule has 1 atom stereocenters. The maximum atomic E-state index is 13.2. The van der Waals surface area contributed by atoms with Gasteiger partial charge >= 0.3 is 0 Å². The fraction of sp³-hybridized carbons (Fsp3) is 0.478. The molecule has 1 unspecified atom stereocenters. The molecule has 3 rings (SSSR count). The number of nitro groups is 1. The quantitative estimate of drug-likeness (QED) is 0.322. The van der Waals surface area contributed by atoms with Crippen LogP contribution in [0.2, 0.25) is 0 Å². The highest BCUT2D eigenvalue weighted by atomic mass is 16.6. The predicted molar refractivity (Wildman–Crippen MR) is 121 cm³/mol. The summed E-state index contributed by atoms with van der Waals surface area (Å²) in [6.45, 7) is 7.19. The first-order chi connectivity index (χ1) is 15.3. The van der Waals surface area contributed by atoms with Gasteiger partial charge in [-0.25, -0.2) is 0 Å². The van der Waals surface area contributed by atoms with E-state index in [1.54, 1.807) is 26.0 Å². The molecule has 2 aliphatic heterocycles. The van der Waals surface area contributed by atoms with Crippen LogP contribution < -0.4 is 16.4 Å². The summed E-state index contributed by atoms with van der Waals surface area (Å²) in [7, 11) is 0. The minimum atomic E-state index is -0.698. The van der Waals surface area contributed by atoms with Crippen molar-refractivity contribution in [3.8, 4) is 0 Å². The summed E-state index contributed by atoms with van der Waals surface area (Å²) in [5.41, 5.74) is 8.09. The number of allylic oxidation sites excluding steroid dienone is 2. The number of nitro benzene ring substituents is 1. The number of non-ortho nitro benzene ring substituents is 1. The molecule has 0 saturated carbocycles. The lowest BCUT2D eigenvalue weighted by Gasteiger charge is -2.31. The number of piperidine rings is 1. The van der Waals surface area contributed by atoms with Crippen molar-refractivity contribution >= 4 is 17.5 Å². The Bertz CT molecular complexity index is 946. The minimum absolute atomic E-state index is 0.0616. The fourth-order valence-corrected chi connectivity index (χ4v) is 4.53. The van der Waals surface area contributed by atoms with E-state index in [9.17, 15) is 19.7 Å². The van der Waals surface area contributed by atoms with Crippen LogP contribution in [0.5, 0.6) is 0 Å². The van der Waals surface area contributed by atoms with Crippen molar-refractivity contribution in [2.75, 3.05) is 26.2 Å². The predicted octanol–water partition coefficient (Wildman–Crippen LogP) is 2.31. The van der Waals surface area contributed by atoms with E-state index in [-0.39, 0.29) is 17.2 Å². The standard InChI is InChI=1S/C23H31N5O4/c1-15-19(22(24)29)21(17-7-9-18(10-8-17)28(31)32)20(16(2)26-15)23(30)25-11-6-14-27-12-4-3-5-13-27/h7-10,21,26H,3-6,11-14H2,1-2H3,(H2,24,29)(H,25,30). The lowest BCUT2D eigenvalue weighted by Crippen LogP contribution is -2.38. The van der Waals surface area contributed by atoms with Gasteiger partial charge in [-0.05, 0) is 58.3 Å². The normalized spacial score (nSPS) is 19.5. The first kappa shape index (κ1) is 23.5. The smallest absolute Gasteiger partial charge is 0.269 e. The van der Waals surface area contributed by atoms with Crippen LogP contribution in [0.25, 0.3) is 0 Å². The molecule has 2 amide bonds. The van der Waals surface area contributed by atoms with Crippen molar-refractivity contribution in [3.05, 3.63) is 62.5 Å². The Morgan fingerprint density at radius 1 is 1.12 bits per heavy atom. The minimum Gasteiger partial charge on any atom is -0.366 e. The summed E-state index contributed by atoms with van der Waals surface area (Å²) >= 11 is 0. The molecule has 2 aliphatic rings. The van der Waals surface area contributed by atoms with E-state index in [0.717, 1.165) is 26.1 Å². The van der Waals surface area contributed by atoms with Gasteiger partial charge in [0.2, 0.25) is 11.8 Å². The van der Waals surface area contributed by atoms with Crippen molar-refractivity contribution in [2.45, 2.75) is 45.4 Å². The van der Waals surface area contributed by atoms with E-state index in [2.05, 4.69) is 15.5 Å². The second-order valence-electron chi connectivity index (χ2n) is 8.36. The van der Waals surface area contributed by atoms with Gasteiger partial charge in [0.1, 0.15) is 0 Å². The highest BCUT2D eigenvalue weighted by Crippen LogP contribution is 2.38. The number of hydrogen-bond donors (Lipinski definition) is 3. The van der Waals surface area contributed by atoms with Gasteiger partial charge < -0.3 is 21.3 Å². The number of dihydropyridines is 1. The molecule has 9 nitrogen and oxygen atoms in total. The molecule has 2 heterocycles. The summed E-state index contributed by atoms with van der Waals surface area (Å²) in [4.78, 5) is 38.4. The van der Waals surface area contributed by atoms with Crippen LogP contribution in [0.4, 0.5) is 5.69 Å². The van der Waals surface area contributed by atoms with Gasteiger partial charge in [0, 0.05) is 47.1 Å². The molecule has 0 bridgehead atoms. The van der Waals surface area contributed by atoms with Crippen LogP contribution in [-0.2, 0) is 9.59 Å². The molecule has 0 spiro atoms. The average molecular weight is 442 g/mol. The average Bonchev–Trinajstić information content (AvgIpc) is 2.76. The third kappa shape index (κ3) is 5.34. The molecule has 1 saturated heterocycles. The van der Waals surface area contributed by atoms with E-state index in [4.69, 9.17) is 5.73 Å². The number of amides is 2. The van der Waals surface area contributed by atoms with Gasteiger partial charge in [-0.15, -0.1) is 0 Å². The van der Waals surface area contributed by atoms with Crippen molar-refractivity contribution < 1.29 is 14.5 Å².